The van der Waals surface area contributed by atoms with E-state index in [0.29, 0.717) is 25.2 Å². The zero-order valence-corrected chi connectivity index (χ0v) is 14.1. The maximum Gasteiger partial charge on any atom is 0.240 e. The zero-order valence-electron chi connectivity index (χ0n) is 13.3. The fourth-order valence-electron chi connectivity index (χ4n) is 2.34. The molecule has 6 nitrogen and oxygen atoms in total. The van der Waals surface area contributed by atoms with Crippen molar-refractivity contribution < 1.29 is 22.7 Å². The van der Waals surface area contributed by atoms with Crippen LogP contribution >= 0.6 is 0 Å². The summed E-state index contributed by atoms with van der Waals surface area (Å²) in [5.74, 6) is -0.162. The highest BCUT2D eigenvalue weighted by atomic mass is 32.2. The number of ether oxygens (including phenoxy) is 2. The second-order valence-electron chi connectivity index (χ2n) is 5.55. The number of ketones is 1. The SMILES string of the molecule is CC(=O)c1cccc(S(=O)(=O)NCCCOC[C@@H]2CCCO2)c1. The minimum atomic E-state index is -3.60. The number of hydrogen-bond acceptors (Lipinski definition) is 5. The monoisotopic (exact) mass is 341 g/mol. The lowest BCUT2D eigenvalue weighted by molar-refractivity contribution is 0.0169. The van der Waals surface area contributed by atoms with E-state index in [9.17, 15) is 13.2 Å². The van der Waals surface area contributed by atoms with Gasteiger partial charge in [0.25, 0.3) is 0 Å². The summed E-state index contributed by atoms with van der Waals surface area (Å²) in [6, 6.07) is 6.03. The molecule has 1 atom stereocenters. The van der Waals surface area contributed by atoms with E-state index in [1.54, 1.807) is 12.1 Å². The fourth-order valence-corrected chi connectivity index (χ4v) is 3.46. The minimum absolute atomic E-state index is 0.102. The van der Waals surface area contributed by atoms with Gasteiger partial charge in [0, 0.05) is 25.3 Å². The van der Waals surface area contributed by atoms with Gasteiger partial charge in [0.2, 0.25) is 10.0 Å². The van der Waals surface area contributed by atoms with E-state index in [1.165, 1.54) is 19.1 Å². The first-order valence-electron chi connectivity index (χ1n) is 7.79. The Morgan fingerprint density at radius 2 is 2.26 bits per heavy atom. The van der Waals surface area contributed by atoms with Crippen molar-refractivity contribution in [2.45, 2.75) is 37.2 Å². The molecule has 1 saturated heterocycles. The molecule has 0 bridgehead atoms. The number of hydrogen-bond donors (Lipinski definition) is 1. The van der Waals surface area contributed by atoms with Crippen molar-refractivity contribution in [3.05, 3.63) is 29.8 Å². The third-order valence-electron chi connectivity index (χ3n) is 3.64. The molecule has 1 fully saturated rings. The molecule has 128 valence electrons. The first kappa shape index (κ1) is 18.1. The molecule has 0 spiro atoms. The molecule has 0 radical (unpaired) electrons. The fraction of sp³-hybridized carbons (Fsp3) is 0.562. The normalized spacial score (nSPS) is 18.2. The average molecular weight is 341 g/mol. The molecule has 1 heterocycles. The predicted octanol–water partition coefficient (Wildman–Crippen LogP) is 1.75. The maximum atomic E-state index is 12.2. The topological polar surface area (TPSA) is 81.7 Å². The van der Waals surface area contributed by atoms with Gasteiger partial charge in [0.05, 0.1) is 17.6 Å². The third kappa shape index (κ3) is 5.69. The second-order valence-corrected chi connectivity index (χ2v) is 7.31. The van der Waals surface area contributed by atoms with Gasteiger partial charge in [-0.3, -0.25) is 4.79 Å². The number of sulfonamides is 1. The standard InChI is InChI=1S/C16H23NO5S/c1-13(18)14-5-2-7-16(11-14)23(19,20)17-8-4-9-21-12-15-6-3-10-22-15/h2,5,7,11,15,17H,3-4,6,8-10,12H2,1H3/t15-/m0/s1. The summed E-state index contributed by atoms with van der Waals surface area (Å²) < 4.78 is 37.8. The van der Waals surface area contributed by atoms with Gasteiger partial charge in [-0.25, -0.2) is 13.1 Å². The summed E-state index contributed by atoms with van der Waals surface area (Å²) in [7, 11) is -3.60. The van der Waals surface area contributed by atoms with Crippen LogP contribution in [0, 0.1) is 0 Å². The predicted molar refractivity (Wildman–Crippen MR) is 86.0 cm³/mol. The molecule has 0 aliphatic carbocycles. The average Bonchev–Trinajstić information content (AvgIpc) is 3.04. The highest BCUT2D eigenvalue weighted by Gasteiger charge is 2.16. The molecule has 1 aromatic rings. The van der Waals surface area contributed by atoms with Gasteiger partial charge >= 0.3 is 0 Å². The van der Waals surface area contributed by atoms with E-state index in [4.69, 9.17) is 9.47 Å². The van der Waals surface area contributed by atoms with Gasteiger partial charge in [-0.05, 0) is 38.3 Å². The van der Waals surface area contributed by atoms with Crippen molar-refractivity contribution in [1.82, 2.24) is 4.72 Å². The third-order valence-corrected chi connectivity index (χ3v) is 5.09. The van der Waals surface area contributed by atoms with Crippen molar-refractivity contribution in [2.24, 2.45) is 0 Å². The molecule has 0 saturated carbocycles. The van der Waals surface area contributed by atoms with Crippen LogP contribution in [0.3, 0.4) is 0 Å². The van der Waals surface area contributed by atoms with Gasteiger partial charge in [0.1, 0.15) is 0 Å². The summed E-state index contributed by atoms with van der Waals surface area (Å²) in [4.78, 5) is 11.4. The Balaban J connectivity index is 1.73. The lowest BCUT2D eigenvalue weighted by Gasteiger charge is -2.10. The van der Waals surface area contributed by atoms with Gasteiger partial charge in [-0.2, -0.15) is 0 Å². The molecular formula is C16H23NO5S. The summed E-state index contributed by atoms with van der Waals surface area (Å²) in [5.41, 5.74) is 0.382. The summed E-state index contributed by atoms with van der Waals surface area (Å²) in [5, 5.41) is 0. The molecular weight excluding hydrogens is 318 g/mol. The van der Waals surface area contributed by atoms with Gasteiger partial charge < -0.3 is 9.47 Å². The molecule has 0 aromatic heterocycles. The Morgan fingerprint density at radius 3 is 2.96 bits per heavy atom. The smallest absolute Gasteiger partial charge is 0.240 e. The van der Waals surface area contributed by atoms with Crippen LogP contribution in [0.2, 0.25) is 0 Å². The molecule has 2 rings (SSSR count). The van der Waals surface area contributed by atoms with Crippen LogP contribution in [-0.4, -0.2) is 46.7 Å². The van der Waals surface area contributed by atoms with E-state index in [0.717, 1.165) is 19.4 Å². The van der Waals surface area contributed by atoms with Gasteiger partial charge in [0.15, 0.2) is 5.78 Å². The largest absolute Gasteiger partial charge is 0.379 e. The summed E-state index contributed by atoms with van der Waals surface area (Å²) in [6.07, 6.45) is 2.87. The Bertz CT molecular complexity index is 623. The number of nitrogens with one attached hydrogen (secondary N) is 1. The van der Waals surface area contributed by atoms with Crippen LogP contribution < -0.4 is 4.72 Å². The molecule has 0 amide bonds. The molecule has 23 heavy (non-hydrogen) atoms. The molecule has 7 heteroatoms. The van der Waals surface area contributed by atoms with Crippen LogP contribution in [0.15, 0.2) is 29.2 Å². The van der Waals surface area contributed by atoms with Crippen molar-refractivity contribution in [3.63, 3.8) is 0 Å². The van der Waals surface area contributed by atoms with Crippen LogP contribution in [0.5, 0.6) is 0 Å². The number of benzene rings is 1. The first-order valence-corrected chi connectivity index (χ1v) is 9.27. The number of carbonyl (C=O) groups is 1. The number of rotatable bonds is 9. The van der Waals surface area contributed by atoms with Crippen LogP contribution in [-0.2, 0) is 19.5 Å². The minimum Gasteiger partial charge on any atom is -0.379 e. The van der Waals surface area contributed by atoms with E-state index < -0.39 is 10.0 Å². The zero-order chi connectivity index (χ0) is 16.7. The second kappa shape index (κ2) is 8.54. The van der Waals surface area contributed by atoms with E-state index in [-0.39, 0.29) is 23.3 Å². The van der Waals surface area contributed by atoms with Crippen LogP contribution in [0.25, 0.3) is 0 Å². The molecule has 1 N–H and O–H groups in total. The molecule has 1 aromatic carbocycles. The van der Waals surface area contributed by atoms with Crippen LogP contribution in [0.4, 0.5) is 0 Å². The Labute approximate surface area is 137 Å². The summed E-state index contributed by atoms with van der Waals surface area (Å²) >= 11 is 0. The number of carbonyl (C=O) groups excluding carboxylic acids is 1. The molecule has 0 unspecified atom stereocenters. The van der Waals surface area contributed by atoms with Gasteiger partial charge in [-0.15, -0.1) is 0 Å². The van der Waals surface area contributed by atoms with Gasteiger partial charge in [-0.1, -0.05) is 12.1 Å². The first-order chi connectivity index (χ1) is 11.0. The van der Waals surface area contributed by atoms with E-state index in [1.807, 2.05) is 0 Å². The lowest BCUT2D eigenvalue weighted by atomic mass is 10.2. The van der Waals surface area contributed by atoms with Crippen LogP contribution in [0.1, 0.15) is 36.5 Å². The summed E-state index contributed by atoms with van der Waals surface area (Å²) in [6.45, 7) is 3.54. The Kier molecular flexibility index (Phi) is 6.71. The number of Topliss-reactive ketones (excluding diaryl/α,β-unsaturated/α-hetero) is 1. The van der Waals surface area contributed by atoms with Crippen molar-refractivity contribution in [1.29, 1.82) is 0 Å². The van der Waals surface area contributed by atoms with Crippen molar-refractivity contribution in [3.8, 4) is 0 Å². The Hall–Kier alpha value is -1.28. The molecule has 1 aliphatic rings. The van der Waals surface area contributed by atoms with Crippen molar-refractivity contribution in [2.75, 3.05) is 26.4 Å². The van der Waals surface area contributed by atoms with Crippen molar-refractivity contribution >= 4 is 15.8 Å². The highest BCUT2D eigenvalue weighted by molar-refractivity contribution is 7.89. The quantitative estimate of drug-likeness (QED) is 0.547. The van der Waals surface area contributed by atoms with E-state index >= 15 is 0 Å². The lowest BCUT2D eigenvalue weighted by Crippen LogP contribution is -2.26. The van der Waals surface area contributed by atoms with E-state index in [2.05, 4.69) is 4.72 Å². The maximum absolute atomic E-state index is 12.2. The Morgan fingerprint density at radius 1 is 1.43 bits per heavy atom. The highest BCUT2D eigenvalue weighted by Crippen LogP contribution is 2.13. The molecule has 1 aliphatic heterocycles.